The second-order valence-electron chi connectivity index (χ2n) is 8.24. The molecular weight excluding hydrogens is 382 g/mol. The molecule has 1 heterocycles. The zero-order valence-corrected chi connectivity index (χ0v) is 18.6. The average molecular weight is 416 g/mol. The van der Waals surface area contributed by atoms with Gasteiger partial charge in [-0.25, -0.2) is 0 Å². The molecule has 2 rings (SSSR count). The number of ether oxygens (including phenoxy) is 1. The Kier molecular flexibility index (Phi) is 8.89. The Balaban J connectivity index is 2.04. The highest BCUT2D eigenvalue weighted by atomic mass is 16.5. The molecule has 164 valence electrons. The van der Waals surface area contributed by atoms with Gasteiger partial charge in [0.05, 0.1) is 7.11 Å². The topological polar surface area (TPSA) is 84.7 Å². The first-order valence-corrected chi connectivity index (χ1v) is 10.5. The zero-order valence-electron chi connectivity index (χ0n) is 18.6. The predicted molar refractivity (Wildman–Crippen MR) is 116 cm³/mol. The highest BCUT2D eigenvalue weighted by Crippen LogP contribution is 2.25. The third-order valence-corrected chi connectivity index (χ3v) is 4.61. The maximum absolute atomic E-state index is 13.0. The summed E-state index contributed by atoms with van der Waals surface area (Å²) >= 11 is 0. The van der Waals surface area contributed by atoms with Crippen molar-refractivity contribution in [1.29, 1.82) is 0 Å². The second kappa shape index (κ2) is 11.4. The SMILES string of the molecule is COc1cccc(-c2cc(C(=O)N(CCC(=O)NCCC(C)C)CC(C)C)no2)c1. The van der Waals surface area contributed by atoms with E-state index in [-0.39, 0.29) is 29.8 Å². The van der Waals surface area contributed by atoms with Crippen molar-refractivity contribution in [2.24, 2.45) is 11.8 Å². The summed E-state index contributed by atoms with van der Waals surface area (Å²) in [7, 11) is 1.59. The van der Waals surface area contributed by atoms with Crippen LogP contribution in [-0.2, 0) is 4.79 Å². The molecule has 1 aromatic carbocycles. The van der Waals surface area contributed by atoms with E-state index in [0.717, 1.165) is 12.0 Å². The van der Waals surface area contributed by atoms with Crippen LogP contribution in [0.1, 0.15) is 51.0 Å². The van der Waals surface area contributed by atoms with Gasteiger partial charge in [-0.1, -0.05) is 45.0 Å². The number of nitrogens with zero attached hydrogens (tertiary/aromatic N) is 2. The van der Waals surface area contributed by atoms with E-state index in [1.54, 1.807) is 18.1 Å². The Morgan fingerprint density at radius 2 is 1.93 bits per heavy atom. The van der Waals surface area contributed by atoms with Crippen LogP contribution in [0.25, 0.3) is 11.3 Å². The molecule has 0 fully saturated rings. The minimum atomic E-state index is -0.239. The number of hydrogen-bond acceptors (Lipinski definition) is 5. The molecule has 0 atom stereocenters. The van der Waals surface area contributed by atoms with Gasteiger partial charge in [0.15, 0.2) is 11.5 Å². The summed E-state index contributed by atoms with van der Waals surface area (Å²) in [5, 5.41) is 6.88. The van der Waals surface area contributed by atoms with E-state index in [2.05, 4.69) is 24.3 Å². The highest BCUT2D eigenvalue weighted by molar-refractivity contribution is 5.93. The van der Waals surface area contributed by atoms with Gasteiger partial charge in [-0.15, -0.1) is 0 Å². The summed E-state index contributed by atoms with van der Waals surface area (Å²) < 4.78 is 10.6. The molecule has 0 saturated carbocycles. The third kappa shape index (κ3) is 7.21. The van der Waals surface area contributed by atoms with Crippen LogP contribution in [-0.4, -0.2) is 48.6 Å². The smallest absolute Gasteiger partial charge is 0.276 e. The minimum absolute atomic E-state index is 0.0468. The second-order valence-corrected chi connectivity index (χ2v) is 8.24. The number of amides is 2. The van der Waals surface area contributed by atoms with Crippen molar-refractivity contribution < 1.29 is 18.8 Å². The van der Waals surface area contributed by atoms with Crippen molar-refractivity contribution >= 4 is 11.8 Å². The number of carbonyl (C=O) groups is 2. The van der Waals surface area contributed by atoms with Crippen molar-refractivity contribution in [1.82, 2.24) is 15.4 Å². The normalized spacial score (nSPS) is 11.0. The molecule has 0 radical (unpaired) electrons. The van der Waals surface area contributed by atoms with Gasteiger partial charge in [0.2, 0.25) is 5.91 Å². The zero-order chi connectivity index (χ0) is 22.1. The Hall–Kier alpha value is -2.83. The first-order chi connectivity index (χ1) is 14.3. The van der Waals surface area contributed by atoms with E-state index in [1.807, 2.05) is 38.1 Å². The van der Waals surface area contributed by atoms with Gasteiger partial charge in [-0.2, -0.15) is 0 Å². The summed E-state index contributed by atoms with van der Waals surface area (Å²) in [4.78, 5) is 26.8. The molecule has 0 aliphatic carbocycles. The van der Waals surface area contributed by atoms with Crippen molar-refractivity contribution in [2.75, 3.05) is 26.7 Å². The Morgan fingerprint density at radius 3 is 2.60 bits per heavy atom. The number of carbonyl (C=O) groups excluding carboxylic acids is 2. The lowest BCUT2D eigenvalue weighted by molar-refractivity contribution is -0.121. The highest BCUT2D eigenvalue weighted by Gasteiger charge is 2.22. The number of rotatable bonds is 11. The largest absolute Gasteiger partial charge is 0.497 e. The summed E-state index contributed by atoms with van der Waals surface area (Å²) in [6.45, 7) is 9.84. The fourth-order valence-corrected chi connectivity index (χ4v) is 2.99. The van der Waals surface area contributed by atoms with Crippen molar-refractivity contribution in [3.8, 4) is 17.1 Å². The fraction of sp³-hybridized carbons (Fsp3) is 0.522. The molecule has 0 unspecified atom stereocenters. The molecule has 0 bridgehead atoms. The standard InChI is InChI=1S/C23H33N3O4/c1-16(2)9-11-24-22(27)10-12-26(15-17(3)4)23(28)20-14-21(30-25-20)18-7-6-8-19(13-18)29-5/h6-8,13-14,16-17H,9-12,15H2,1-5H3,(H,24,27). The van der Waals surface area contributed by atoms with E-state index in [9.17, 15) is 9.59 Å². The maximum atomic E-state index is 13.0. The molecule has 2 amide bonds. The number of benzene rings is 1. The van der Waals surface area contributed by atoms with Gasteiger partial charge in [-0.3, -0.25) is 9.59 Å². The van der Waals surface area contributed by atoms with E-state index < -0.39 is 0 Å². The molecule has 2 aromatic rings. The van der Waals surface area contributed by atoms with Gasteiger partial charge in [0.25, 0.3) is 5.91 Å². The molecular formula is C23H33N3O4. The van der Waals surface area contributed by atoms with Gasteiger partial charge < -0.3 is 19.5 Å². The van der Waals surface area contributed by atoms with Crippen LogP contribution in [0, 0.1) is 11.8 Å². The molecule has 0 spiro atoms. The summed E-state index contributed by atoms with van der Waals surface area (Å²) in [6, 6.07) is 9.00. The lowest BCUT2D eigenvalue weighted by atomic mass is 10.1. The molecule has 0 aliphatic rings. The van der Waals surface area contributed by atoms with Crippen LogP contribution in [0.3, 0.4) is 0 Å². The lowest BCUT2D eigenvalue weighted by Gasteiger charge is -2.23. The third-order valence-electron chi connectivity index (χ3n) is 4.61. The first kappa shape index (κ1) is 23.4. The van der Waals surface area contributed by atoms with Gasteiger partial charge in [-0.05, 0) is 30.4 Å². The van der Waals surface area contributed by atoms with Gasteiger partial charge in [0.1, 0.15) is 5.75 Å². The fourth-order valence-electron chi connectivity index (χ4n) is 2.99. The van der Waals surface area contributed by atoms with Crippen LogP contribution in [0.15, 0.2) is 34.9 Å². The van der Waals surface area contributed by atoms with Crippen LogP contribution >= 0.6 is 0 Å². The Labute approximate surface area is 178 Å². The van der Waals surface area contributed by atoms with E-state index in [1.165, 1.54) is 0 Å². The quantitative estimate of drug-likeness (QED) is 0.600. The molecule has 0 saturated heterocycles. The lowest BCUT2D eigenvalue weighted by Crippen LogP contribution is -2.38. The van der Waals surface area contributed by atoms with Crippen LogP contribution in [0.4, 0.5) is 0 Å². The number of aromatic nitrogens is 1. The molecule has 7 nitrogen and oxygen atoms in total. The van der Waals surface area contributed by atoms with Crippen molar-refractivity contribution in [2.45, 2.75) is 40.5 Å². The first-order valence-electron chi connectivity index (χ1n) is 10.5. The predicted octanol–water partition coefficient (Wildman–Crippen LogP) is 4.00. The summed E-state index contributed by atoms with van der Waals surface area (Å²) in [5.74, 6) is 1.71. The Bertz CT molecular complexity index is 829. The summed E-state index contributed by atoms with van der Waals surface area (Å²) in [5.41, 5.74) is 1.01. The molecule has 30 heavy (non-hydrogen) atoms. The van der Waals surface area contributed by atoms with Gasteiger partial charge >= 0.3 is 0 Å². The molecule has 7 heteroatoms. The number of nitrogens with one attached hydrogen (secondary N) is 1. The van der Waals surface area contributed by atoms with Gasteiger partial charge in [0, 0.05) is 37.7 Å². The number of methoxy groups -OCH3 is 1. The molecule has 1 aromatic heterocycles. The van der Waals surface area contributed by atoms with E-state index in [0.29, 0.717) is 37.1 Å². The van der Waals surface area contributed by atoms with Crippen molar-refractivity contribution in [3.63, 3.8) is 0 Å². The Morgan fingerprint density at radius 1 is 1.17 bits per heavy atom. The monoisotopic (exact) mass is 415 g/mol. The number of hydrogen-bond donors (Lipinski definition) is 1. The van der Waals surface area contributed by atoms with Crippen molar-refractivity contribution in [3.05, 3.63) is 36.0 Å². The average Bonchev–Trinajstić information content (AvgIpc) is 3.20. The van der Waals surface area contributed by atoms with E-state index in [4.69, 9.17) is 9.26 Å². The molecule has 0 aliphatic heterocycles. The van der Waals surface area contributed by atoms with Crippen LogP contribution < -0.4 is 10.1 Å². The van der Waals surface area contributed by atoms with E-state index >= 15 is 0 Å². The summed E-state index contributed by atoms with van der Waals surface area (Å²) in [6.07, 6.45) is 1.20. The minimum Gasteiger partial charge on any atom is -0.497 e. The maximum Gasteiger partial charge on any atom is 0.276 e. The van der Waals surface area contributed by atoms with Crippen LogP contribution in [0.2, 0.25) is 0 Å². The van der Waals surface area contributed by atoms with Crippen LogP contribution in [0.5, 0.6) is 5.75 Å². The molecule has 1 N–H and O–H groups in total.